The predicted molar refractivity (Wildman–Crippen MR) is 55.5 cm³/mol. The number of carbonyl (C=O) groups excluding carboxylic acids is 1. The van der Waals surface area contributed by atoms with Crippen LogP contribution in [0.15, 0.2) is 0 Å². The predicted octanol–water partition coefficient (Wildman–Crippen LogP) is 0.650. The molecule has 2 atom stereocenters. The van der Waals surface area contributed by atoms with E-state index in [9.17, 15) is 4.79 Å². The van der Waals surface area contributed by atoms with E-state index in [1.165, 1.54) is 0 Å². The Morgan fingerprint density at radius 1 is 1.50 bits per heavy atom. The van der Waals surface area contributed by atoms with Crippen LogP contribution >= 0.6 is 0 Å². The summed E-state index contributed by atoms with van der Waals surface area (Å²) in [6, 6.07) is 1.97. The second-order valence-corrected chi connectivity index (χ2v) is 3.48. The SMILES string of the molecule is CCNCC(C)C(=O)NC(C)CC#N. The van der Waals surface area contributed by atoms with Crippen LogP contribution in [-0.4, -0.2) is 25.0 Å². The van der Waals surface area contributed by atoms with Crippen LogP contribution in [0.4, 0.5) is 0 Å². The average Bonchev–Trinajstić information content (AvgIpc) is 2.14. The molecule has 0 aromatic heterocycles. The summed E-state index contributed by atoms with van der Waals surface area (Å²) in [5.41, 5.74) is 0. The molecule has 0 radical (unpaired) electrons. The number of hydrogen-bond acceptors (Lipinski definition) is 3. The third-order valence-electron chi connectivity index (χ3n) is 1.93. The van der Waals surface area contributed by atoms with Crippen molar-refractivity contribution >= 4 is 5.91 Å². The number of carbonyl (C=O) groups is 1. The van der Waals surface area contributed by atoms with E-state index in [2.05, 4.69) is 10.6 Å². The van der Waals surface area contributed by atoms with Gasteiger partial charge in [-0.25, -0.2) is 0 Å². The Balaban J connectivity index is 3.77. The molecule has 0 saturated heterocycles. The highest BCUT2D eigenvalue weighted by atomic mass is 16.1. The normalized spacial score (nSPS) is 14.1. The summed E-state index contributed by atoms with van der Waals surface area (Å²) in [6.07, 6.45) is 0.361. The number of hydrogen-bond donors (Lipinski definition) is 2. The maximum atomic E-state index is 11.5. The van der Waals surface area contributed by atoms with Gasteiger partial charge in [0.15, 0.2) is 0 Å². The van der Waals surface area contributed by atoms with Crippen molar-refractivity contribution in [3.05, 3.63) is 0 Å². The van der Waals surface area contributed by atoms with Crippen LogP contribution in [0.5, 0.6) is 0 Å². The second kappa shape index (κ2) is 7.34. The molecule has 0 bridgehead atoms. The van der Waals surface area contributed by atoms with Crippen LogP contribution < -0.4 is 10.6 Å². The smallest absolute Gasteiger partial charge is 0.224 e. The summed E-state index contributed by atoms with van der Waals surface area (Å²) in [6.45, 7) is 7.26. The van der Waals surface area contributed by atoms with Gasteiger partial charge in [-0.15, -0.1) is 0 Å². The van der Waals surface area contributed by atoms with Gasteiger partial charge in [0.2, 0.25) is 5.91 Å². The molecule has 4 nitrogen and oxygen atoms in total. The molecule has 0 spiro atoms. The Hall–Kier alpha value is -1.08. The summed E-state index contributed by atoms with van der Waals surface area (Å²) < 4.78 is 0. The third kappa shape index (κ3) is 5.55. The third-order valence-corrected chi connectivity index (χ3v) is 1.93. The number of amides is 1. The monoisotopic (exact) mass is 197 g/mol. The fourth-order valence-corrected chi connectivity index (χ4v) is 1.03. The standard InChI is InChI=1S/C10H19N3O/c1-4-12-7-8(2)10(14)13-9(3)5-6-11/h8-9,12H,4-5,7H2,1-3H3,(H,13,14). The molecule has 0 aromatic carbocycles. The van der Waals surface area contributed by atoms with Gasteiger partial charge >= 0.3 is 0 Å². The molecule has 2 N–H and O–H groups in total. The van der Waals surface area contributed by atoms with Crippen molar-refractivity contribution in [1.29, 1.82) is 5.26 Å². The minimum atomic E-state index is -0.0587. The molecule has 0 heterocycles. The molecular weight excluding hydrogens is 178 g/mol. The lowest BCUT2D eigenvalue weighted by atomic mass is 10.1. The molecule has 14 heavy (non-hydrogen) atoms. The summed E-state index contributed by atoms with van der Waals surface area (Å²) in [5.74, 6) is -0.0372. The largest absolute Gasteiger partial charge is 0.352 e. The van der Waals surface area contributed by atoms with Crippen LogP contribution in [-0.2, 0) is 4.79 Å². The Morgan fingerprint density at radius 2 is 2.14 bits per heavy atom. The molecule has 0 fully saturated rings. The Kier molecular flexibility index (Phi) is 6.77. The highest BCUT2D eigenvalue weighted by molar-refractivity contribution is 5.78. The van der Waals surface area contributed by atoms with E-state index in [1.807, 2.05) is 26.8 Å². The van der Waals surface area contributed by atoms with Gasteiger partial charge in [0.05, 0.1) is 12.5 Å². The highest BCUT2D eigenvalue weighted by Gasteiger charge is 2.13. The lowest BCUT2D eigenvalue weighted by Crippen LogP contribution is -2.39. The van der Waals surface area contributed by atoms with Crippen molar-refractivity contribution in [3.63, 3.8) is 0 Å². The molecular formula is C10H19N3O. The van der Waals surface area contributed by atoms with Gasteiger partial charge in [-0.2, -0.15) is 5.26 Å². The van der Waals surface area contributed by atoms with E-state index in [1.54, 1.807) is 0 Å². The zero-order valence-corrected chi connectivity index (χ0v) is 9.13. The fraction of sp³-hybridized carbons (Fsp3) is 0.800. The first kappa shape index (κ1) is 12.9. The summed E-state index contributed by atoms with van der Waals surface area (Å²) in [4.78, 5) is 11.5. The molecule has 4 heteroatoms. The molecule has 2 unspecified atom stereocenters. The van der Waals surface area contributed by atoms with Gasteiger partial charge in [0.25, 0.3) is 0 Å². The molecule has 0 aliphatic heterocycles. The number of nitrogens with one attached hydrogen (secondary N) is 2. The molecule has 0 aliphatic carbocycles. The number of nitriles is 1. The summed E-state index contributed by atoms with van der Waals surface area (Å²) in [7, 11) is 0. The molecule has 0 rings (SSSR count). The van der Waals surface area contributed by atoms with E-state index < -0.39 is 0 Å². The van der Waals surface area contributed by atoms with E-state index in [0.717, 1.165) is 6.54 Å². The highest BCUT2D eigenvalue weighted by Crippen LogP contribution is 1.95. The zero-order valence-electron chi connectivity index (χ0n) is 9.13. The van der Waals surface area contributed by atoms with Crippen LogP contribution in [0.25, 0.3) is 0 Å². The topological polar surface area (TPSA) is 64.9 Å². The van der Waals surface area contributed by atoms with Crippen LogP contribution in [0, 0.1) is 17.2 Å². The first-order valence-corrected chi connectivity index (χ1v) is 4.99. The van der Waals surface area contributed by atoms with Gasteiger partial charge in [-0.1, -0.05) is 13.8 Å². The van der Waals surface area contributed by atoms with Gasteiger partial charge in [0, 0.05) is 18.5 Å². The molecule has 0 aliphatic rings. The van der Waals surface area contributed by atoms with Crippen molar-refractivity contribution in [2.45, 2.75) is 33.2 Å². The Labute approximate surface area is 85.7 Å². The zero-order chi connectivity index (χ0) is 11.0. The average molecular weight is 197 g/mol. The minimum absolute atomic E-state index is 0.00806. The molecule has 0 saturated carbocycles. The minimum Gasteiger partial charge on any atom is -0.352 e. The lowest BCUT2D eigenvalue weighted by molar-refractivity contribution is -0.124. The Bertz CT molecular complexity index is 210. The maximum absolute atomic E-state index is 11.5. The maximum Gasteiger partial charge on any atom is 0.224 e. The summed E-state index contributed by atoms with van der Waals surface area (Å²) >= 11 is 0. The molecule has 80 valence electrons. The van der Waals surface area contributed by atoms with Crippen molar-refractivity contribution in [2.24, 2.45) is 5.92 Å². The van der Waals surface area contributed by atoms with E-state index in [0.29, 0.717) is 13.0 Å². The number of nitrogens with zero attached hydrogens (tertiary/aromatic N) is 1. The van der Waals surface area contributed by atoms with Crippen LogP contribution in [0.3, 0.4) is 0 Å². The van der Waals surface area contributed by atoms with Gasteiger partial charge in [-0.05, 0) is 13.5 Å². The van der Waals surface area contributed by atoms with Crippen molar-refractivity contribution < 1.29 is 4.79 Å². The molecule has 0 aromatic rings. The second-order valence-electron chi connectivity index (χ2n) is 3.48. The van der Waals surface area contributed by atoms with E-state index >= 15 is 0 Å². The van der Waals surface area contributed by atoms with Gasteiger partial charge in [-0.3, -0.25) is 4.79 Å². The van der Waals surface area contributed by atoms with Crippen molar-refractivity contribution in [3.8, 4) is 6.07 Å². The van der Waals surface area contributed by atoms with E-state index in [4.69, 9.17) is 5.26 Å². The van der Waals surface area contributed by atoms with Crippen molar-refractivity contribution in [2.75, 3.05) is 13.1 Å². The van der Waals surface area contributed by atoms with E-state index in [-0.39, 0.29) is 17.9 Å². The van der Waals surface area contributed by atoms with Gasteiger partial charge < -0.3 is 10.6 Å². The van der Waals surface area contributed by atoms with Crippen LogP contribution in [0.2, 0.25) is 0 Å². The molecule has 1 amide bonds. The number of rotatable bonds is 6. The first-order chi connectivity index (χ1) is 6.61. The van der Waals surface area contributed by atoms with Gasteiger partial charge in [0.1, 0.15) is 0 Å². The first-order valence-electron chi connectivity index (χ1n) is 4.99. The fourth-order valence-electron chi connectivity index (χ4n) is 1.03. The quantitative estimate of drug-likeness (QED) is 0.657. The lowest BCUT2D eigenvalue weighted by Gasteiger charge is -2.15. The summed E-state index contributed by atoms with van der Waals surface area (Å²) in [5, 5.41) is 14.3. The van der Waals surface area contributed by atoms with Crippen LogP contribution in [0.1, 0.15) is 27.2 Å². The van der Waals surface area contributed by atoms with Crippen molar-refractivity contribution in [1.82, 2.24) is 10.6 Å². The Morgan fingerprint density at radius 3 is 2.64 bits per heavy atom.